The van der Waals surface area contributed by atoms with Gasteiger partial charge in [0.1, 0.15) is 23.1 Å². The number of ether oxygens (including phenoxy) is 2. The van der Waals surface area contributed by atoms with E-state index in [1.165, 1.54) is 77.7 Å². The number of benzene rings is 2. The fraction of sp³-hybridized carbons (Fsp3) is 0.478. The van der Waals surface area contributed by atoms with Crippen LogP contribution in [0.3, 0.4) is 0 Å². The molecule has 0 aliphatic carbocycles. The van der Waals surface area contributed by atoms with Gasteiger partial charge in [0.2, 0.25) is 5.78 Å². The Kier molecular flexibility index (Phi) is 21.9. The van der Waals surface area contributed by atoms with Gasteiger partial charge in [-0.2, -0.15) is 47.1 Å². The van der Waals surface area contributed by atoms with Gasteiger partial charge in [-0.1, -0.05) is 27.7 Å². The number of aliphatic hydroxyl groups is 1. The Morgan fingerprint density at radius 2 is 1.03 bits per heavy atom. The van der Waals surface area contributed by atoms with Crippen molar-refractivity contribution >= 4 is 5.78 Å². The summed E-state index contributed by atoms with van der Waals surface area (Å²) in [6.07, 6.45) is -11.9. The van der Waals surface area contributed by atoms with E-state index in [0.717, 1.165) is 35.2 Å². The fourth-order valence-electron chi connectivity index (χ4n) is 6.46. The third-order valence-corrected chi connectivity index (χ3v) is 8.81. The van der Waals surface area contributed by atoms with E-state index in [2.05, 4.69) is 49.8 Å². The van der Waals surface area contributed by atoms with Crippen LogP contribution in [0.25, 0.3) is 0 Å². The molecule has 334 valence electrons. The molecule has 0 bridgehead atoms. The molecule has 0 fully saturated rings. The van der Waals surface area contributed by atoms with Gasteiger partial charge in [-0.05, 0) is 118 Å². The van der Waals surface area contributed by atoms with Crippen LogP contribution in [0.2, 0.25) is 0 Å². The van der Waals surface area contributed by atoms with Crippen LogP contribution in [0.15, 0.2) is 60.7 Å². The minimum atomic E-state index is -4.90. The Balaban J connectivity index is 0.000000934. The third kappa shape index (κ3) is 18.9. The van der Waals surface area contributed by atoms with Crippen LogP contribution in [-0.4, -0.2) is 53.0 Å². The second-order valence-electron chi connectivity index (χ2n) is 16.6. The Morgan fingerprint density at radius 1 is 0.656 bits per heavy atom. The maximum Gasteiger partial charge on any atom is 1.00 e. The minimum Gasteiger partial charge on any atom is -0.496 e. The standard InChI is InChI=1S/C21H25F4NO2.C13H14F4O2.C8H11N.C4H9.Li/c1-13-8-14(2)26-16(9-13)11-20(27,21(23,24)25)12-19(3,4)17-10-15(22)6-7-18(17)28-5;1-12(2,7-11(18)13(15,16)17)9-6-8(14)4-5-10(9)19-3;1-6-4-7(2)9-8(3)5-6;1-4(2)3;/h6-10,27H,11-12H2,1-5H3;4-6H,7H2,1-3H3;4-5H,1-3H3;1-3H3;/q;;;-1;+1. The van der Waals surface area contributed by atoms with Crippen LogP contribution in [-0.2, 0) is 22.0 Å². The van der Waals surface area contributed by atoms with Gasteiger partial charge >= 0.3 is 31.2 Å². The first-order chi connectivity index (χ1) is 27.3. The number of pyridine rings is 2. The summed E-state index contributed by atoms with van der Waals surface area (Å²) in [6.45, 7) is 21.7. The van der Waals surface area contributed by atoms with E-state index < -0.39 is 65.5 Å². The minimum absolute atomic E-state index is 0. The number of carbonyl (C=O) groups is 1. The third-order valence-electron chi connectivity index (χ3n) is 8.81. The fourth-order valence-corrected chi connectivity index (χ4v) is 6.46. The van der Waals surface area contributed by atoms with Crippen LogP contribution >= 0.6 is 0 Å². The zero-order chi connectivity index (χ0) is 46.6. The van der Waals surface area contributed by atoms with E-state index >= 15 is 0 Å². The van der Waals surface area contributed by atoms with Crippen LogP contribution in [0.1, 0.15) is 106 Å². The number of nitrogens with zero attached hydrogens (tertiary/aromatic N) is 2. The summed E-state index contributed by atoms with van der Waals surface area (Å²) >= 11 is 0. The van der Waals surface area contributed by atoms with Crippen molar-refractivity contribution in [1.29, 1.82) is 0 Å². The number of aryl methyl sites for hydroxylation is 5. The smallest absolute Gasteiger partial charge is 0.496 e. The predicted molar refractivity (Wildman–Crippen MR) is 219 cm³/mol. The summed E-state index contributed by atoms with van der Waals surface area (Å²) in [7, 11) is 2.70. The monoisotopic (exact) mass is 862 g/mol. The summed E-state index contributed by atoms with van der Waals surface area (Å²) in [4.78, 5) is 19.5. The molecule has 0 amide bonds. The van der Waals surface area contributed by atoms with Gasteiger partial charge in [0.25, 0.3) is 0 Å². The average molecular weight is 863 g/mol. The Hall–Kier alpha value is -3.99. The summed E-state index contributed by atoms with van der Waals surface area (Å²) in [5.74, 6) is -1.09. The maximum absolute atomic E-state index is 13.9. The number of hydrogen-bond acceptors (Lipinski definition) is 6. The van der Waals surface area contributed by atoms with Crippen LogP contribution in [0, 0.1) is 52.2 Å². The van der Waals surface area contributed by atoms with E-state index in [1.54, 1.807) is 19.9 Å². The maximum atomic E-state index is 13.9. The molecule has 0 saturated carbocycles. The van der Waals surface area contributed by atoms with E-state index in [1.807, 2.05) is 13.8 Å². The number of alkyl halides is 6. The van der Waals surface area contributed by atoms with Gasteiger partial charge in [0.15, 0.2) is 5.60 Å². The van der Waals surface area contributed by atoms with Crippen LogP contribution in [0.5, 0.6) is 11.5 Å². The molecule has 1 atom stereocenters. The molecule has 0 aliphatic rings. The Bertz CT molecular complexity index is 1940. The summed E-state index contributed by atoms with van der Waals surface area (Å²) in [6, 6.07) is 14.7. The largest absolute Gasteiger partial charge is 1.00 e. The molecule has 2 aromatic carbocycles. The van der Waals surface area contributed by atoms with Crippen LogP contribution in [0.4, 0.5) is 35.1 Å². The second-order valence-corrected chi connectivity index (χ2v) is 16.6. The van der Waals surface area contributed by atoms with Gasteiger partial charge in [0, 0.05) is 52.2 Å². The quantitative estimate of drug-likeness (QED) is 0.0974. The molecule has 2 aromatic heterocycles. The second kappa shape index (κ2) is 23.5. The van der Waals surface area contributed by atoms with Crippen LogP contribution < -0.4 is 28.3 Å². The van der Waals surface area contributed by atoms with Gasteiger partial charge in [-0.25, -0.2) is 8.78 Å². The molecular weight excluding hydrogens is 803 g/mol. The molecule has 0 spiro atoms. The number of rotatable bonds is 10. The topological polar surface area (TPSA) is 81.5 Å². The van der Waals surface area contributed by atoms with Crippen molar-refractivity contribution in [3.63, 3.8) is 0 Å². The predicted octanol–water partition coefficient (Wildman–Crippen LogP) is 9.31. The first-order valence-corrected chi connectivity index (χ1v) is 19.0. The molecule has 0 radical (unpaired) electrons. The van der Waals surface area contributed by atoms with E-state index in [0.29, 0.717) is 5.69 Å². The van der Waals surface area contributed by atoms with Gasteiger partial charge in [-0.3, -0.25) is 14.8 Å². The van der Waals surface area contributed by atoms with Gasteiger partial charge < -0.3 is 20.5 Å². The van der Waals surface area contributed by atoms with Crippen molar-refractivity contribution < 1.29 is 73.4 Å². The van der Waals surface area contributed by atoms with Crippen molar-refractivity contribution in [3.8, 4) is 11.5 Å². The number of aromatic nitrogens is 2. The van der Waals surface area contributed by atoms with E-state index in [-0.39, 0.29) is 47.2 Å². The molecule has 4 aromatic rings. The molecule has 0 aliphatic heterocycles. The zero-order valence-electron chi connectivity index (χ0n) is 38.0. The zero-order valence-corrected chi connectivity index (χ0v) is 38.0. The molecule has 2 heterocycles. The molecule has 1 N–H and O–H groups in total. The normalized spacial score (nSPS) is 12.6. The van der Waals surface area contributed by atoms with E-state index in [9.17, 15) is 45.0 Å². The number of ketones is 1. The summed E-state index contributed by atoms with van der Waals surface area (Å²) in [5, 5.41) is 10.7. The molecule has 4 rings (SSSR count). The first kappa shape index (κ1) is 57.0. The summed E-state index contributed by atoms with van der Waals surface area (Å²) < 4.78 is 116. The Morgan fingerprint density at radius 3 is 1.38 bits per heavy atom. The molecule has 15 heteroatoms. The molecule has 1 unspecified atom stereocenters. The number of hydrogen-bond donors (Lipinski definition) is 1. The number of Topliss-reactive ketones (excluding diaryl/α,β-unsaturated/α-hetero) is 1. The number of methoxy groups -OCH3 is 2. The average Bonchev–Trinajstić information content (AvgIpc) is 3.06. The molecule has 61 heavy (non-hydrogen) atoms. The van der Waals surface area contributed by atoms with Crippen molar-refractivity contribution in [2.45, 2.75) is 131 Å². The SMILES string of the molecule is COc1ccc(F)cc1C(C)(C)CC(=O)C(F)(F)F.COc1ccc(F)cc1C(C)(C)CC(O)(Cc1cc(C)cc(C)n1)C(F)(F)F.C[C-](C)C.Cc1cc(C)nc(C)c1.[Li+]. The Labute approximate surface area is 368 Å². The molecular formula is C46H59F8LiN2O4. The van der Waals surface area contributed by atoms with Crippen molar-refractivity contribution in [2.75, 3.05) is 14.2 Å². The molecule has 6 nitrogen and oxygen atoms in total. The number of carbonyl (C=O) groups excluding carboxylic acids is 1. The van der Waals surface area contributed by atoms with Crippen molar-refractivity contribution in [1.82, 2.24) is 9.97 Å². The summed E-state index contributed by atoms with van der Waals surface area (Å²) in [5.41, 5.74) is 0.0270. The first-order valence-electron chi connectivity index (χ1n) is 19.0. The molecule has 0 saturated heterocycles. The van der Waals surface area contributed by atoms with E-state index in [4.69, 9.17) is 9.47 Å². The number of halogens is 8. The van der Waals surface area contributed by atoms with Gasteiger partial charge in [0.05, 0.1) is 14.2 Å². The van der Waals surface area contributed by atoms with Crippen molar-refractivity contribution in [3.05, 3.63) is 123 Å². The van der Waals surface area contributed by atoms with Crippen molar-refractivity contribution in [2.24, 2.45) is 0 Å². The van der Waals surface area contributed by atoms with Gasteiger partial charge in [-0.15, -0.1) is 0 Å².